The Labute approximate surface area is 116 Å². The van der Waals surface area contributed by atoms with Gasteiger partial charge >= 0.3 is 0 Å². The smallest absolute Gasteiger partial charge is 0.220 e. The first-order valence-electron chi connectivity index (χ1n) is 6.39. The fourth-order valence-electron chi connectivity index (χ4n) is 1.54. The highest BCUT2D eigenvalue weighted by Crippen LogP contribution is 2.12. The van der Waals surface area contributed by atoms with Crippen molar-refractivity contribution in [2.24, 2.45) is 11.7 Å². The number of ketones is 1. The van der Waals surface area contributed by atoms with Crippen LogP contribution in [-0.2, 0) is 4.79 Å². The molecule has 1 rings (SSSR count). The van der Waals surface area contributed by atoms with Gasteiger partial charge in [0.05, 0.1) is 5.56 Å². The summed E-state index contributed by atoms with van der Waals surface area (Å²) in [5.41, 5.74) is 5.21. The standard InChI is InChI=1S/C14H18F2N2O2/c1-9(7-17)8-18-14(20)5-4-13(19)11-3-2-10(15)6-12(11)16/h2-3,6,9H,4-5,7-8,17H2,1H3,(H,18,20). The average molecular weight is 284 g/mol. The van der Waals surface area contributed by atoms with Crippen LogP contribution in [0.1, 0.15) is 30.1 Å². The van der Waals surface area contributed by atoms with Gasteiger partial charge in [0.2, 0.25) is 5.91 Å². The first kappa shape index (κ1) is 16.2. The van der Waals surface area contributed by atoms with Crippen LogP contribution >= 0.6 is 0 Å². The topological polar surface area (TPSA) is 72.2 Å². The van der Waals surface area contributed by atoms with Gasteiger partial charge in [0.1, 0.15) is 11.6 Å². The van der Waals surface area contributed by atoms with E-state index >= 15 is 0 Å². The number of halogens is 2. The molecule has 0 aliphatic rings. The van der Waals surface area contributed by atoms with Gasteiger partial charge in [-0.25, -0.2) is 8.78 Å². The van der Waals surface area contributed by atoms with Gasteiger partial charge in [-0.05, 0) is 24.6 Å². The number of hydrogen-bond donors (Lipinski definition) is 2. The molecule has 1 aromatic carbocycles. The van der Waals surface area contributed by atoms with Crippen LogP contribution in [-0.4, -0.2) is 24.8 Å². The molecule has 1 atom stereocenters. The van der Waals surface area contributed by atoms with Crippen molar-refractivity contribution in [1.29, 1.82) is 0 Å². The lowest BCUT2D eigenvalue weighted by atomic mass is 10.1. The van der Waals surface area contributed by atoms with E-state index in [-0.39, 0.29) is 30.2 Å². The molecule has 0 aliphatic carbocycles. The summed E-state index contributed by atoms with van der Waals surface area (Å²) in [6.45, 7) is 2.79. The van der Waals surface area contributed by atoms with Gasteiger partial charge in [0, 0.05) is 25.5 Å². The summed E-state index contributed by atoms with van der Waals surface area (Å²) in [4.78, 5) is 23.2. The predicted octanol–water partition coefficient (Wildman–Crippen LogP) is 1.64. The van der Waals surface area contributed by atoms with Crippen LogP contribution in [0.4, 0.5) is 8.78 Å². The molecule has 4 nitrogen and oxygen atoms in total. The lowest BCUT2D eigenvalue weighted by molar-refractivity contribution is -0.121. The number of rotatable bonds is 7. The molecule has 0 aromatic heterocycles. The normalized spacial score (nSPS) is 12.0. The fourth-order valence-corrected chi connectivity index (χ4v) is 1.54. The van der Waals surface area contributed by atoms with E-state index in [1.54, 1.807) is 0 Å². The minimum atomic E-state index is -0.910. The summed E-state index contributed by atoms with van der Waals surface area (Å²) in [6.07, 6.45) is -0.154. The van der Waals surface area contributed by atoms with Crippen LogP contribution < -0.4 is 11.1 Å². The summed E-state index contributed by atoms with van der Waals surface area (Å²) in [7, 11) is 0. The molecule has 0 radical (unpaired) electrons. The van der Waals surface area contributed by atoms with E-state index < -0.39 is 17.4 Å². The Bertz CT molecular complexity index is 492. The quantitative estimate of drug-likeness (QED) is 0.748. The van der Waals surface area contributed by atoms with Gasteiger partial charge < -0.3 is 11.1 Å². The second-order valence-electron chi connectivity index (χ2n) is 4.69. The summed E-state index contributed by atoms with van der Waals surface area (Å²) >= 11 is 0. The zero-order valence-electron chi connectivity index (χ0n) is 11.3. The molecule has 0 saturated heterocycles. The van der Waals surface area contributed by atoms with Crippen LogP contribution in [0.2, 0.25) is 0 Å². The molecule has 110 valence electrons. The van der Waals surface area contributed by atoms with Crippen molar-refractivity contribution < 1.29 is 18.4 Å². The number of amides is 1. The van der Waals surface area contributed by atoms with Crippen molar-refractivity contribution in [2.45, 2.75) is 19.8 Å². The molecule has 0 saturated carbocycles. The second kappa shape index (κ2) is 7.69. The Balaban J connectivity index is 2.45. The van der Waals surface area contributed by atoms with Gasteiger partial charge in [-0.3, -0.25) is 9.59 Å². The minimum Gasteiger partial charge on any atom is -0.356 e. The van der Waals surface area contributed by atoms with Crippen molar-refractivity contribution >= 4 is 11.7 Å². The molecule has 1 unspecified atom stereocenters. The summed E-state index contributed by atoms with van der Waals surface area (Å²) in [6, 6.07) is 2.75. The number of carbonyl (C=O) groups excluding carboxylic acids is 2. The molecule has 3 N–H and O–H groups in total. The Hall–Kier alpha value is -1.82. The Kier molecular flexibility index (Phi) is 6.24. The van der Waals surface area contributed by atoms with Crippen LogP contribution in [0, 0.1) is 17.6 Å². The van der Waals surface area contributed by atoms with Crippen LogP contribution in [0.5, 0.6) is 0 Å². The predicted molar refractivity (Wildman–Crippen MR) is 71.2 cm³/mol. The third-order valence-corrected chi connectivity index (χ3v) is 2.86. The van der Waals surface area contributed by atoms with E-state index in [1.165, 1.54) is 0 Å². The number of benzene rings is 1. The zero-order valence-corrected chi connectivity index (χ0v) is 11.3. The highest BCUT2D eigenvalue weighted by Gasteiger charge is 2.14. The average Bonchev–Trinajstić information content (AvgIpc) is 2.42. The molecule has 1 aromatic rings. The van der Waals surface area contributed by atoms with E-state index in [0.29, 0.717) is 19.2 Å². The number of Topliss-reactive ketones (excluding diaryl/α,β-unsaturated/α-hetero) is 1. The Morgan fingerprint density at radius 3 is 2.60 bits per heavy atom. The number of nitrogens with one attached hydrogen (secondary N) is 1. The number of hydrogen-bond acceptors (Lipinski definition) is 3. The van der Waals surface area contributed by atoms with E-state index in [0.717, 1.165) is 12.1 Å². The molecule has 6 heteroatoms. The van der Waals surface area contributed by atoms with Crippen molar-refractivity contribution in [3.63, 3.8) is 0 Å². The molecule has 0 fully saturated rings. The maximum Gasteiger partial charge on any atom is 0.220 e. The van der Waals surface area contributed by atoms with Crippen LogP contribution in [0.3, 0.4) is 0 Å². The van der Waals surface area contributed by atoms with E-state index in [4.69, 9.17) is 5.73 Å². The molecular formula is C14H18F2N2O2. The van der Waals surface area contributed by atoms with Crippen molar-refractivity contribution in [3.05, 3.63) is 35.4 Å². The second-order valence-corrected chi connectivity index (χ2v) is 4.69. The Morgan fingerprint density at radius 2 is 2.00 bits per heavy atom. The monoisotopic (exact) mass is 284 g/mol. The molecule has 0 spiro atoms. The van der Waals surface area contributed by atoms with Gasteiger partial charge in [-0.15, -0.1) is 0 Å². The van der Waals surface area contributed by atoms with E-state index in [2.05, 4.69) is 5.32 Å². The Morgan fingerprint density at radius 1 is 1.30 bits per heavy atom. The summed E-state index contributed by atoms with van der Waals surface area (Å²) in [5, 5.41) is 2.64. The van der Waals surface area contributed by atoms with E-state index in [9.17, 15) is 18.4 Å². The molecule has 20 heavy (non-hydrogen) atoms. The van der Waals surface area contributed by atoms with Gasteiger partial charge in [-0.1, -0.05) is 6.92 Å². The van der Waals surface area contributed by atoms with Crippen molar-refractivity contribution in [2.75, 3.05) is 13.1 Å². The lowest BCUT2D eigenvalue weighted by Gasteiger charge is -2.09. The molecule has 0 bridgehead atoms. The molecule has 0 aliphatic heterocycles. The van der Waals surface area contributed by atoms with Crippen molar-refractivity contribution in [1.82, 2.24) is 5.32 Å². The number of nitrogens with two attached hydrogens (primary N) is 1. The highest BCUT2D eigenvalue weighted by molar-refractivity contribution is 5.98. The molecule has 1 amide bonds. The van der Waals surface area contributed by atoms with Crippen molar-refractivity contribution in [3.8, 4) is 0 Å². The van der Waals surface area contributed by atoms with Gasteiger partial charge in [-0.2, -0.15) is 0 Å². The van der Waals surface area contributed by atoms with E-state index in [1.807, 2.05) is 6.92 Å². The largest absolute Gasteiger partial charge is 0.356 e. The molecular weight excluding hydrogens is 266 g/mol. The summed E-state index contributed by atoms with van der Waals surface area (Å²) in [5.74, 6) is -2.31. The molecule has 0 heterocycles. The first-order valence-corrected chi connectivity index (χ1v) is 6.39. The van der Waals surface area contributed by atoms with Crippen LogP contribution in [0.15, 0.2) is 18.2 Å². The third kappa shape index (κ3) is 5.05. The maximum absolute atomic E-state index is 13.3. The summed E-state index contributed by atoms with van der Waals surface area (Å²) < 4.78 is 26.1. The lowest BCUT2D eigenvalue weighted by Crippen LogP contribution is -2.31. The SMILES string of the molecule is CC(CN)CNC(=O)CCC(=O)c1ccc(F)cc1F. The number of carbonyl (C=O) groups is 2. The minimum absolute atomic E-state index is 0.0348. The van der Waals surface area contributed by atoms with Gasteiger partial charge in [0.25, 0.3) is 0 Å². The zero-order chi connectivity index (χ0) is 15.1. The van der Waals surface area contributed by atoms with Gasteiger partial charge in [0.15, 0.2) is 5.78 Å². The third-order valence-electron chi connectivity index (χ3n) is 2.86. The van der Waals surface area contributed by atoms with Crippen LogP contribution in [0.25, 0.3) is 0 Å². The first-order chi connectivity index (χ1) is 9.43. The fraction of sp³-hybridized carbons (Fsp3) is 0.429. The maximum atomic E-state index is 13.3. The highest BCUT2D eigenvalue weighted by atomic mass is 19.1.